The standard InChI is InChI=1S/C14H15NO4S/c1-20(17,18)13-7-10(12-8-14(16)19-15-12)6-9-4-2-3-5-11(9)13/h2-5,10,13H,6-8H2,1H3/t10-,13?/m1/s1. The van der Waals surface area contributed by atoms with Crippen molar-refractivity contribution in [2.45, 2.75) is 24.5 Å². The van der Waals surface area contributed by atoms with Crippen molar-refractivity contribution in [3.05, 3.63) is 35.4 Å². The van der Waals surface area contributed by atoms with Crippen LogP contribution in [-0.2, 0) is 25.9 Å². The largest absolute Gasteiger partial charge is 0.340 e. The van der Waals surface area contributed by atoms with Crippen LogP contribution in [-0.4, -0.2) is 26.4 Å². The van der Waals surface area contributed by atoms with E-state index in [2.05, 4.69) is 9.99 Å². The number of hydrogen-bond donors (Lipinski definition) is 0. The molecule has 2 aliphatic rings. The number of hydrogen-bond acceptors (Lipinski definition) is 5. The number of sulfone groups is 1. The minimum absolute atomic E-state index is 0.0453. The third-order valence-electron chi connectivity index (χ3n) is 3.95. The van der Waals surface area contributed by atoms with Gasteiger partial charge in [-0.25, -0.2) is 13.2 Å². The lowest BCUT2D eigenvalue weighted by Gasteiger charge is -2.30. The highest BCUT2D eigenvalue weighted by atomic mass is 32.2. The van der Waals surface area contributed by atoms with Gasteiger partial charge in [0.05, 0.1) is 17.4 Å². The van der Waals surface area contributed by atoms with Crippen LogP contribution in [0.2, 0.25) is 0 Å². The van der Waals surface area contributed by atoms with Gasteiger partial charge in [-0.05, 0) is 24.0 Å². The fraction of sp³-hybridized carbons (Fsp3) is 0.429. The lowest BCUT2D eigenvalue weighted by molar-refractivity contribution is -0.140. The maximum atomic E-state index is 12.0. The van der Waals surface area contributed by atoms with E-state index < -0.39 is 15.1 Å². The second-order valence-electron chi connectivity index (χ2n) is 5.38. The van der Waals surface area contributed by atoms with Crippen molar-refractivity contribution in [2.24, 2.45) is 11.1 Å². The highest BCUT2D eigenvalue weighted by Gasteiger charge is 2.37. The molecule has 0 radical (unpaired) electrons. The first-order chi connectivity index (χ1) is 9.45. The summed E-state index contributed by atoms with van der Waals surface area (Å²) in [5.41, 5.74) is 2.55. The lowest BCUT2D eigenvalue weighted by atomic mass is 9.80. The van der Waals surface area contributed by atoms with Crippen molar-refractivity contribution in [1.82, 2.24) is 0 Å². The molecule has 1 aromatic rings. The first-order valence-corrected chi connectivity index (χ1v) is 8.44. The average Bonchev–Trinajstić information content (AvgIpc) is 2.83. The van der Waals surface area contributed by atoms with E-state index in [0.29, 0.717) is 18.6 Å². The van der Waals surface area contributed by atoms with Gasteiger partial charge >= 0.3 is 5.97 Å². The molecule has 0 saturated heterocycles. The molecule has 20 heavy (non-hydrogen) atoms. The Kier molecular flexibility index (Phi) is 3.12. The zero-order chi connectivity index (χ0) is 14.3. The first kappa shape index (κ1) is 13.3. The molecule has 0 spiro atoms. The van der Waals surface area contributed by atoms with Gasteiger partial charge in [-0.1, -0.05) is 29.4 Å². The zero-order valence-corrected chi connectivity index (χ0v) is 11.9. The molecule has 0 fully saturated rings. The first-order valence-electron chi connectivity index (χ1n) is 6.48. The number of benzene rings is 1. The van der Waals surface area contributed by atoms with Crippen molar-refractivity contribution < 1.29 is 18.0 Å². The van der Waals surface area contributed by atoms with Gasteiger partial charge in [-0.3, -0.25) is 0 Å². The fourth-order valence-corrected chi connectivity index (χ4v) is 4.24. The molecule has 0 saturated carbocycles. The summed E-state index contributed by atoms with van der Waals surface area (Å²) in [7, 11) is -3.20. The van der Waals surface area contributed by atoms with Gasteiger partial charge in [0.15, 0.2) is 9.84 Å². The molecule has 3 rings (SSSR count). The van der Waals surface area contributed by atoms with Crippen LogP contribution in [0, 0.1) is 5.92 Å². The number of oxime groups is 1. The Hall–Kier alpha value is -1.69. The Morgan fingerprint density at radius 3 is 2.70 bits per heavy atom. The molecule has 6 heteroatoms. The van der Waals surface area contributed by atoms with E-state index in [4.69, 9.17) is 0 Å². The second-order valence-corrected chi connectivity index (χ2v) is 7.60. The van der Waals surface area contributed by atoms with Crippen molar-refractivity contribution >= 4 is 21.5 Å². The number of rotatable bonds is 2. The van der Waals surface area contributed by atoms with Gasteiger partial charge in [-0.2, -0.15) is 0 Å². The Morgan fingerprint density at radius 1 is 1.30 bits per heavy atom. The van der Waals surface area contributed by atoms with Gasteiger partial charge in [-0.15, -0.1) is 0 Å². The number of carbonyl (C=O) groups excluding carboxylic acids is 1. The monoisotopic (exact) mass is 293 g/mol. The van der Waals surface area contributed by atoms with E-state index in [0.717, 1.165) is 11.1 Å². The van der Waals surface area contributed by atoms with Gasteiger partial charge in [0.25, 0.3) is 0 Å². The van der Waals surface area contributed by atoms with Gasteiger partial charge < -0.3 is 4.84 Å². The van der Waals surface area contributed by atoms with E-state index in [-0.39, 0.29) is 18.3 Å². The molecule has 1 heterocycles. The van der Waals surface area contributed by atoms with Crippen LogP contribution in [0.4, 0.5) is 0 Å². The average molecular weight is 293 g/mol. The summed E-state index contributed by atoms with van der Waals surface area (Å²) >= 11 is 0. The van der Waals surface area contributed by atoms with Crippen molar-refractivity contribution in [3.63, 3.8) is 0 Å². The Balaban J connectivity index is 1.99. The molecule has 106 valence electrons. The fourth-order valence-electron chi connectivity index (χ4n) is 2.97. The summed E-state index contributed by atoms with van der Waals surface area (Å²) < 4.78 is 24.1. The van der Waals surface area contributed by atoms with Gasteiger partial charge in [0, 0.05) is 12.2 Å². The molecule has 0 bridgehead atoms. The van der Waals surface area contributed by atoms with E-state index in [1.165, 1.54) is 6.26 Å². The molecular weight excluding hydrogens is 278 g/mol. The molecule has 1 aromatic carbocycles. The highest BCUT2D eigenvalue weighted by Crippen LogP contribution is 2.39. The number of carbonyl (C=O) groups is 1. The quantitative estimate of drug-likeness (QED) is 0.777. The van der Waals surface area contributed by atoms with Crippen LogP contribution in [0.15, 0.2) is 29.4 Å². The Labute approximate surface area is 117 Å². The van der Waals surface area contributed by atoms with E-state index in [9.17, 15) is 13.2 Å². The molecule has 1 unspecified atom stereocenters. The van der Waals surface area contributed by atoms with Gasteiger partial charge in [0.2, 0.25) is 0 Å². The van der Waals surface area contributed by atoms with Crippen LogP contribution in [0.3, 0.4) is 0 Å². The van der Waals surface area contributed by atoms with Crippen molar-refractivity contribution in [3.8, 4) is 0 Å². The van der Waals surface area contributed by atoms with Gasteiger partial charge in [0.1, 0.15) is 0 Å². The minimum Gasteiger partial charge on any atom is -0.318 e. The third kappa shape index (κ3) is 2.35. The summed E-state index contributed by atoms with van der Waals surface area (Å²) in [6, 6.07) is 7.57. The van der Waals surface area contributed by atoms with E-state index >= 15 is 0 Å². The summed E-state index contributed by atoms with van der Waals surface area (Å²) in [4.78, 5) is 15.8. The van der Waals surface area contributed by atoms with Crippen molar-refractivity contribution in [2.75, 3.05) is 6.26 Å². The smallest absolute Gasteiger partial charge is 0.318 e. The van der Waals surface area contributed by atoms with Crippen LogP contribution in [0.25, 0.3) is 0 Å². The highest BCUT2D eigenvalue weighted by molar-refractivity contribution is 7.90. The second kappa shape index (κ2) is 4.70. The molecule has 1 aliphatic heterocycles. The van der Waals surface area contributed by atoms with Crippen LogP contribution in [0.1, 0.15) is 29.2 Å². The summed E-state index contributed by atoms with van der Waals surface area (Å²) in [5.74, 6) is -0.411. The Morgan fingerprint density at radius 2 is 2.05 bits per heavy atom. The third-order valence-corrected chi connectivity index (χ3v) is 5.43. The maximum Gasteiger partial charge on any atom is 0.340 e. The zero-order valence-electron chi connectivity index (χ0n) is 11.1. The predicted molar refractivity (Wildman–Crippen MR) is 74.0 cm³/mol. The predicted octanol–water partition coefficient (Wildman–Crippen LogP) is 1.64. The van der Waals surface area contributed by atoms with Crippen molar-refractivity contribution in [1.29, 1.82) is 0 Å². The maximum absolute atomic E-state index is 12.0. The minimum atomic E-state index is -3.20. The topological polar surface area (TPSA) is 72.8 Å². The summed E-state index contributed by atoms with van der Waals surface area (Å²) in [6.07, 6.45) is 2.60. The van der Waals surface area contributed by atoms with Crippen LogP contribution < -0.4 is 0 Å². The number of fused-ring (bicyclic) bond motifs is 1. The molecule has 0 amide bonds. The molecular formula is C14H15NO4S. The van der Waals surface area contributed by atoms with Crippen LogP contribution >= 0.6 is 0 Å². The number of nitrogens with zero attached hydrogens (tertiary/aromatic N) is 1. The van der Waals surface area contributed by atoms with Crippen LogP contribution in [0.5, 0.6) is 0 Å². The lowest BCUT2D eigenvalue weighted by Crippen LogP contribution is -2.28. The van der Waals surface area contributed by atoms with E-state index in [1.807, 2.05) is 24.3 Å². The summed E-state index contributed by atoms with van der Waals surface area (Å²) in [6.45, 7) is 0. The molecule has 1 aliphatic carbocycles. The molecule has 5 nitrogen and oxygen atoms in total. The normalized spacial score (nSPS) is 25.9. The molecule has 0 aromatic heterocycles. The molecule has 2 atom stereocenters. The Bertz CT molecular complexity index is 693. The SMILES string of the molecule is CS(=O)(=O)C1C[C@H](C2=NOC(=O)C2)Cc2ccccc21. The molecule has 0 N–H and O–H groups in total. The van der Waals surface area contributed by atoms with E-state index in [1.54, 1.807) is 0 Å². The summed E-state index contributed by atoms with van der Waals surface area (Å²) in [5, 5.41) is 3.27.